The zero-order chi connectivity index (χ0) is 22.3. The molecule has 0 bridgehead atoms. The lowest BCUT2D eigenvalue weighted by molar-refractivity contribution is 0.373. The van der Waals surface area contributed by atoms with Crippen LogP contribution in [0.1, 0.15) is 63.9 Å². The van der Waals surface area contributed by atoms with Crippen molar-refractivity contribution < 1.29 is 4.39 Å². The average Bonchev–Trinajstić information content (AvgIpc) is 3.34. The van der Waals surface area contributed by atoms with Gasteiger partial charge in [0.05, 0.1) is 0 Å². The van der Waals surface area contributed by atoms with E-state index in [2.05, 4.69) is 43.1 Å². The van der Waals surface area contributed by atoms with Crippen molar-refractivity contribution in [1.29, 1.82) is 0 Å². The standard InChI is InChI=1S/C24H36FN7/c1-3-20(21-10-7-13-26-21)29-24-31-22(27-15-17-8-5-4-6-9-17)30-23(32-24)28-18-12-11-16(2)19(25)14-18/h11-12,14,17,20-21,26H,3-10,13,15H2,1-2H3,(H3,27,28,29,30,31,32). The van der Waals surface area contributed by atoms with Crippen LogP contribution in [0, 0.1) is 18.7 Å². The summed E-state index contributed by atoms with van der Waals surface area (Å²) in [5.41, 5.74) is 1.23. The van der Waals surface area contributed by atoms with Crippen LogP contribution >= 0.6 is 0 Å². The Morgan fingerprint density at radius 1 is 1.03 bits per heavy atom. The van der Waals surface area contributed by atoms with Crippen molar-refractivity contribution in [3.05, 3.63) is 29.6 Å². The Balaban J connectivity index is 1.52. The Hall–Kier alpha value is -2.48. The molecule has 2 unspecified atom stereocenters. The molecule has 1 aliphatic heterocycles. The number of nitrogens with one attached hydrogen (secondary N) is 4. The van der Waals surface area contributed by atoms with E-state index < -0.39 is 0 Å². The predicted molar refractivity (Wildman–Crippen MR) is 128 cm³/mol. The number of anilines is 4. The number of aromatic nitrogens is 3. The van der Waals surface area contributed by atoms with Gasteiger partial charge in [0, 0.05) is 24.3 Å². The Labute approximate surface area is 190 Å². The maximum Gasteiger partial charge on any atom is 0.233 e. The summed E-state index contributed by atoms with van der Waals surface area (Å²) in [5.74, 6) is 1.91. The highest BCUT2D eigenvalue weighted by molar-refractivity contribution is 5.56. The number of halogens is 1. The van der Waals surface area contributed by atoms with Gasteiger partial charge in [0.2, 0.25) is 17.8 Å². The fourth-order valence-electron chi connectivity index (χ4n) is 4.71. The van der Waals surface area contributed by atoms with Crippen LogP contribution in [0.15, 0.2) is 18.2 Å². The first-order chi connectivity index (χ1) is 15.6. The predicted octanol–water partition coefficient (Wildman–Crippen LogP) is 5.00. The van der Waals surface area contributed by atoms with Crippen molar-refractivity contribution in [2.24, 2.45) is 5.92 Å². The van der Waals surface area contributed by atoms with E-state index in [9.17, 15) is 4.39 Å². The lowest BCUT2D eigenvalue weighted by Gasteiger charge is -2.24. The van der Waals surface area contributed by atoms with E-state index in [0.717, 1.165) is 25.9 Å². The van der Waals surface area contributed by atoms with Crippen LogP contribution in [0.5, 0.6) is 0 Å². The molecule has 8 heteroatoms. The van der Waals surface area contributed by atoms with Gasteiger partial charge in [-0.05, 0) is 69.2 Å². The van der Waals surface area contributed by atoms with Crippen LogP contribution in [0.25, 0.3) is 0 Å². The average molecular weight is 442 g/mol. The van der Waals surface area contributed by atoms with Crippen molar-refractivity contribution in [1.82, 2.24) is 20.3 Å². The third-order valence-corrected chi connectivity index (χ3v) is 6.68. The van der Waals surface area contributed by atoms with Crippen LogP contribution < -0.4 is 21.3 Å². The highest BCUT2D eigenvalue weighted by atomic mass is 19.1. The maximum atomic E-state index is 14.0. The van der Waals surface area contributed by atoms with Gasteiger partial charge in [-0.15, -0.1) is 0 Å². The van der Waals surface area contributed by atoms with Crippen molar-refractivity contribution in [3.8, 4) is 0 Å². The van der Waals surface area contributed by atoms with E-state index in [1.54, 1.807) is 13.0 Å². The van der Waals surface area contributed by atoms with Crippen molar-refractivity contribution >= 4 is 23.5 Å². The van der Waals surface area contributed by atoms with Gasteiger partial charge >= 0.3 is 0 Å². The Morgan fingerprint density at radius 3 is 2.53 bits per heavy atom. The molecule has 2 aliphatic rings. The largest absolute Gasteiger partial charge is 0.354 e. The molecule has 2 heterocycles. The third kappa shape index (κ3) is 6.06. The second kappa shape index (κ2) is 10.9. The van der Waals surface area contributed by atoms with Crippen LogP contribution in [-0.2, 0) is 0 Å². The number of nitrogens with zero attached hydrogens (tertiary/aromatic N) is 3. The minimum Gasteiger partial charge on any atom is -0.354 e. The summed E-state index contributed by atoms with van der Waals surface area (Å²) in [6.45, 7) is 5.85. The fourth-order valence-corrected chi connectivity index (χ4v) is 4.71. The second-order valence-electron chi connectivity index (χ2n) is 9.14. The number of hydrogen-bond donors (Lipinski definition) is 4. The van der Waals surface area contributed by atoms with E-state index in [1.807, 2.05) is 6.07 Å². The normalized spacial score (nSPS) is 20.2. The number of aryl methyl sites for hydroxylation is 1. The summed E-state index contributed by atoms with van der Waals surface area (Å²) in [6, 6.07) is 5.72. The van der Waals surface area contributed by atoms with Crippen molar-refractivity contribution in [3.63, 3.8) is 0 Å². The molecule has 0 spiro atoms. The molecule has 2 fully saturated rings. The molecule has 0 amide bonds. The SMILES string of the molecule is CCC(Nc1nc(NCC2CCCCC2)nc(Nc2ccc(C)c(F)c2)n1)C1CCCN1. The van der Waals surface area contributed by atoms with Gasteiger partial charge < -0.3 is 21.3 Å². The molecule has 32 heavy (non-hydrogen) atoms. The lowest BCUT2D eigenvalue weighted by atomic mass is 9.89. The Morgan fingerprint density at radius 2 is 1.81 bits per heavy atom. The van der Waals surface area contributed by atoms with E-state index in [-0.39, 0.29) is 11.9 Å². The van der Waals surface area contributed by atoms with Gasteiger partial charge in [-0.25, -0.2) is 4.39 Å². The zero-order valence-electron chi connectivity index (χ0n) is 19.3. The molecule has 2 atom stereocenters. The van der Waals surface area contributed by atoms with Gasteiger partial charge in [0.1, 0.15) is 5.82 Å². The van der Waals surface area contributed by atoms with Gasteiger partial charge in [-0.3, -0.25) is 0 Å². The van der Waals surface area contributed by atoms with Crippen LogP contribution in [0.2, 0.25) is 0 Å². The highest BCUT2D eigenvalue weighted by Crippen LogP contribution is 2.25. The quantitative estimate of drug-likeness (QED) is 0.436. The van der Waals surface area contributed by atoms with Crippen LogP contribution in [-0.4, -0.2) is 40.1 Å². The topological polar surface area (TPSA) is 86.8 Å². The van der Waals surface area contributed by atoms with Crippen molar-refractivity contribution in [2.45, 2.75) is 77.3 Å². The first kappa shape index (κ1) is 22.7. The third-order valence-electron chi connectivity index (χ3n) is 6.68. The first-order valence-corrected chi connectivity index (χ1v) is 12.1. The van der Waals surface area contributed by atoms with E-state index >= 15 is 0 Å². The number of rotatable bonds is 9. The van der Waals surface area contributed by atoms with Gasteiger partial charge in [0.25, 0.3) is 0 Å². The Kier molecular flexibility index (Phi) is 7.73. The fraction of sp³-hybridized carbons (Fsp3) is 0.625. The van der Waals surface area contributed by atoms with E-state index in [1.165, 1.54) is 44.6 Å². The number of benzene rings is 1. The highest BCUT2D eigenvalue weighted by Gasteiger charge is 2.24. The molecular weight excluding hydrogens is 405 g/mol. The monoisotopic (exact) mass is 441 g/mol. The van der Waals surface area contributed by atoms with Gasteiger partial charge in [0.15, 0.2) is 0 Å². The second-order valence-corrected chi connectivity index (χ2v) is 9.14. The summed E-state index contributed by atoms with van der Waals surface area (Å²) < 4.78 is 14.0. The molecule has 7 nitrogen and oxygen atoms in total. The summed E-state index contributed by atoms with van der Waals surface area (Å²) in [4.78, 5) is 13.8. The molecule has 174 valence electrons. The lowest BCUT2D eigenvalue weighted by Crippen LogP contribution is -2.40. The molecule has 4 N–H and O–H groups in total. The molecule has 1 aliphatic carbocycles. The summed E-state index contributed by atoms with van der Waals surface area (Å²) >= 11 is 0. The van der Waals surface area contributed by atoms with E-state index in [4.69, 9.17) is 0 Å². The first-order valence-electron chi connectivity index (χ1n) is 12.1. The maximum absolute atomic E-state index is 14.0. The molecular formula is C24H36FN7. The smallest absolute Gasteiger partial charge is 0.233 e. The van der Waals surface area contributed by atoms with Gasteiger partial charge in [-0.2, -0.15) is 15.0 Å². The molecule has 4 rings (SSSR count). The molecule has 2 aromatic rings. The number of hydrogen-bond acceptors (Lipinski definition) is 7. The molecule has 1 aromatic heterocycles. The summed E-state index contributed by atoms with van der Waals surface area (Å²) in [5, 5.41) is 13.7. The summed E-state index contributed by atoms with van der Waals surface area (Å²) in [7, 11) is 0. The van der Waals surface area contributed by atoms with Gasteiger partial charge in [-0.1, -0.05) is 32.3 Å². The van der Waals surface area contributed by atoms with Crippen molar-refractivity contribution in [2.75, 3.05) is 29.0 Å². The van der Waals surface area contributed by atoms with E-state index in [0.29, 0.717) is 41.1 Å². The molecule has 1 aromatic carbocycles. The Bertz CT molecular complexity index is 879. The zero-order valence-corrected chi connectivity index (χ0v) is 19.3. The minimum atomic E-state index is -0.253. The minimum absolute atomic E-state index is 0.246. The van der Waals surface area contributed by atoms with Crippen LogP contribution in [0.3, 0.4) is 0 Å². The van der Waals surface area contributed by atoms with Crippen LogP contribution in [0.4, 0.5) is 27.9 Å². The molecule has 1 saturated carbocycles. The molecule has 0 radical (unpaired) electrons. The molecule has 1 saturated heterocycles. The summed E-state index contributed by atoms with van der Waals surface area (Å²) in [6.07, 6.45) is 9.76.